The third-order valence-corrected chi connectivity index (χ3v) is 1.29. The van der Waals surface area contributed by atoms with Crippen LogP contribution in [-0.4, -0.2) is 12.6 Å². The summed E-state index contributed by atoms with van der Waals surface area (Å²) < 4.78 is 4.82. The normalized spacial score (nSPS) is 13.9. The molecule has 0 saturated carbocycles. The molecular formula is C10H16O2. The van der Waals surface area contributed by atoms with Crippen molar-refractivity contribution < 1.29 is 9.53 Å². The van der Waals surface area contributed by atoms with Gasteiger partial charge in [0.1, 0.15) is 0 Å². The van der Waals surface area contributed by atoms with E-state index in [9.17, 15) is 4.79 Å². The zero-order valence-corrected chi connectivity index (χ0v) is 7.91. The van der Waals surface area contributed by atoms with Crippen LogP contribution in [0.1, 0.15) is 20.8 Å². The molecule has 0 aromatic carbocycles. The van der Waals surface area contributed by atoms with Crippen molar-refractivity contribution in [2.45, 2.75) is 20.8 Å². The first-order chi connectivity index (χ1) is 5.66. The van der Waals surface area contributed by atoms with Crippen LogP contribution in [0.3, 0.4) is 0 Å². The van der Waals surface area contributed by atoms with Crippen molar-refractivity contribution in [1.29, 1.82) is 0 Å². The molecule has 0 amide bonds. The van der Waals surface area contributed by atoms with E-state index in [1.165, 1.54) is 6.92 Å². The summed E-state index contributed by atoms with van der Waals surface area (Å²) in [6.07, 6.45) is 7.86. The lowest BCUT2D eigenvalue weighted by Crippen LogP contribution is -2.06. The first-order valence-electron chi connectivity index (χ1n) is 4.09. The van der Waals surface area contributed by atoms with Gasteiger partial charge in [0.05, 0.1) is 6.61 Å². The van der Waals surface area contributed by atoms with Gasteiger partial charge in [-0.15, -0.1) is 0 Å². The van der Waals surface area contributed by atoms with Crippen LogP contribution in [0.25, 0.3) is 0 Å². The summed E-state index contributed by atoms with van der Waals surface area (Å²) in [5, 5.41) is 0. The van der Waals surface area contributed by atoms with E-state index >= 15 is 0 Å². The fraction of sp³-hybridized carbons (Fsp3) is 0.500. The molecule has 0 radical (unpaired) electrons. The summed E-state index contributed by atoms with van der Waals surface area (Å²) in [5.41, 5.74) is 0. The van der Waals surface area contributed by atoms with Gasteiger partial charge >= 0.3 is 5.97 Å². The molecule has 0 fully saturated rings. The summed E-state index contributed by atoms with van der Waals surface area (Å²) in [7, 11) is 0. The van der Waals surface area contributed by atoms with E-state index in [0.717, 1.165) is 0 Å². The maximum absolute atomic E-state index is 10.4. The zero-order valence-electron chi connectivity index (χ0n) is 7.91. The molecule has 0 aromatic heterocycles. The minimum absolute atomic E-state index is 0.221. The number of rotatable bonds is 4. The van der Waals surface area contributed by atoms with Gasteiger partial charge in [0.15, 0.2) is 0 Å². The standard InChI is InChI=1S/C10H16O2/c1-4-5-6-7-9(2)8-12-10(3)11/h4-7,9H,8H2,1-3H3/b5-4-,7-6-/t9-/m1/s1. The van der Waals surface area contributed by atoms with Crippen LogP contribution in [-0.2, 0) is 9.53 Å². The first-order valence-corrected chi connectivity index (χ1v) is 4.09. The summed E-state index contributed by atoms with van der Waals surface area (Å²) >= 11 is 0. The van der Waals surface area contributed by atoms with Crippen molar-refractivity contribution in [3.05, 3.63) is 24.3 Å². The van der Waals surface area contributed by atoms with Crippen molar-refractivity contribution >= 4 is 5.97 Å². The number of hydrogen-bond acceptors (Lipinski definition) is 2. The van der Waals surface area contributed by atoms with E-state index in [1.807, 2.05) is 38.2 Å². The van der Waals surface area contributed by atoms with Crippen LogP contribution in [0, 0.1) is 5.92 Å². The average Bonchev–Trinajstić information content (AvgIpc) is 2.01. The maximum Gasteiger partial charge on any atom is 0.302 e. The largest absolute Gasteiger partial charge is 0.465 e. The fourth-order valence-electron chi connectivity index (χ4n) is 0.669. The van der Waals surface area contributed by atoms with Crippen LogP contribution in [0.2, 0.25) is 0 Å². The molecule has 0 N–H and O–H groups in total. The molecule has 0 bridgehead atoms. The van der Waals surface area contributed by atoms with Crippen molar-refractivity contribution in [3.8, 4) is 0 Å². The molecular weight excluding hydrogens is 152 g/mol. The SMILES string of the molecule is C/C=C\C=C/[C@@H](C)COC(C)=O. The highest BCUT2D eigenvalue weighted by Gasteiger charge is 1.98. The number of esters is 1. The molecule has 0 aliphatic carbocycles. The molecule has 0 saturated heterocycles. The van der Waals surface area contributed by atoms with Gasteiger partial charge in [-0.25, -0.2) is 0 Å². The van der Waals surface area contributed by atoms with Gasteiger partial charge in [-0.05, 0) is 6.92 Å². The Kier molecular flexibility index (Phi) is 6.07. The maximum atomic E-state index is 10.4. The number of ether oxygens (including phenoxy) is 1. The first kappa shape index (κ1) is 11.0. The van der Waals surface area contributed by atoms with Gasteiger partial charge in [-0.1, -0.05) is 31.2 Å². The molecule has 2 nitrogen and oxygen atoms in total. The molecule has 0 aliphatic heterocycles. The lowest BCUT2D eigenvalue weighted by atomic mass is 10.2. The van der Waals surface area contributed by atoms with Crippen LogP contribution < -0.4 is 0 Å². The Morgan fingerprint density at radius 2 is 2.17 bits per heavy atom. The second-order valence-electron chi connectivity index (χ2n) is 2.69. The minimum atomic E-state index is -0.221. The van der Waals surface area contributed by atoms with E-state index in [-0.39, 0.29) is 11.9 Å². The van der Waals surface area contributed by atoms with Gasteiger partial charge < -0.3 is 4.74 Å². The Hall–Kier alpha value is -1.05. The second kappa shape index (κ2) is 6.65. The summed E-state index contributed by atoms with van der Waals surface area (Å²) in [6, 6.07) is 0. The van der Waals surface area contributed by atoms with Gasteiger partial charge in [0, 0.05) is 12.8 Å². The van der Waals surface area contributed by atoms with E-state index < -0.39 is 0 Å². The zero-order chi connectivity index (χ0) is 9.40. The van der Waals surface area contributed by atoms with Crippen molar-refractivity contribution in [2.24, 2.45) is 5.92 Å². The lowest BCUT2D eigenvalue weighted by Gasteiger charge is -2.04. The highest BCUT2D eigenvalue weighted by molar-refractivity contribution is 5.65. The van der Waals surface area contributed by atoms with Gasteiger partial charge in [0.2, 0.25) is 0 Å². The number of allylic oxidation sites excluding steroid dienone is 3. The number of carbonyl (C=O) groups is 1. The van der Waals surface area contributed by atoms with Crippen LogP contribution in [0.5, 0.6) is 0 Å². The Bertz CT molecular complexity index is 180. The third kappa shape index (κ3) is 7.06. The minimum Gasteiger partial charge on any atom is -0.465 e. The predicted molar refractivity (Wildman–Crippen MR) is 49.8 cm³/mol. The third-order valence-electron chi connectivity index (χ3n) is 1.29. The van der Waals surface area contributed by atoms with Gasteiger partial charge in [-0.2, -0.15) is 0 Å². The molecule has 0 rings (SSSR count). The average molecular weight is 168 g/mol. The molecule has 1 atom stereocenters. The quantitative estimate of drug-likeness (QED) is 0.475. The molecule has 68 valence electrons. The monoisotopic (exact) mass is 168 g/mol. The Balaban J connectivity index is 3.58. The molecule has 2 heteroatoms. The molecule has 12 heavy (non-hydrogen) atoms. The van der Waals surface area contributed by atoms with Crippen molar-refractivity contribution in [1.82, 2.24) is 0 Å². The van der Waals surface area contributed by atoms with E-state index in [2.05, 4.69) is 0 Å². The van der Waals surface area contributed by atoms with Crippen LogP contribution in [0.4, 0.5) is 0 Å². The molecule has 0 unspecified atom stereocenters. The smallest absolute Gasteiger partial charge is 0.302 e. The predicted octanol–water partition coefficient (Wildman–Crippen LogP) is 2.32. The van der Waals surface area contributed by atoms with E-state index in [4.69, 9.17) is 4.74 Å². The Morgan fingerprint density at radius 3 is 2.67 bits per heavy atom. The summed E-state index contributed by atoms with van der Waals surface area (Å²) in [4.78, 5) is 10.4. The molecule has 0 heterocycles. The van der Waals surface area contributed by atoms with Crippen molar-refractivity contribution in [3.63, 3.8) is 0 Å². The number of carbonyl (C=O) groups excluding carboxylic acids is 1. The molecule has 0 spiro atoms. The highest BCUT2D eigenvalue weighted by atomic mass is 16.5. The van der Waals surface area contributed by atoms with E-state index in [0.29, 0.717) is 6.61 Å². The van der Waals surface area contributed by atoms with Crippen LogP contribution >= 0.6 is 0 Å². The topological polar surface area (TPSA) is 26.3 Å². The second-order valence-corrected chi connectivity index (χ2v) is 2.69. The highest BCUT2D eigenvalue weighted by Crippen LogP contribution is 1.98. The number of hydrogen-bond donors (Lipinski definition) is 0. The van der Waals surface area contributed by atoms with Gasteiger partial charge in [0.25, 0.3) is 0 Å². The summed E-state index contributed by atoms with van der Waals surface area (Å²) in [6.45, 7) is 5.84. The fourth-order valence-corrected chi connectivity index (χ4v) is 0.669. The van der Waals surface area contributed by atoms with Crippen molar-refractivity contribution in [2.75, 3.05) is 6.61 Å². The Morgan fingerprint density at radius 1 is 1.50 bits per heavy atom. The summed E-state index contributed by atoms with van der Waals surface area (Å²) in [5.74, 6) is 0.0615. The van der Waals surface area contributed by atoms with Crippen LogP contribution in [0.15, 0.2) is 24.3 Å². The molecule has 0 aliphatic rings. The van der Waals surface area contributed by atoms with Gasteiger partial charge in [-0.3, -0.25) is 4.79 Å². The molecule has 0 aromatic rings. The Labute approximate surface area is 73.9 Å². The lowest BCUT2D eigenvalue weighted by molar-refractivity contribution is -0.141. The van der Waals surface area contributed by atoms with E-state index in [1.54, 1.807) is 0 Å².